The third-order valence-corrected chi connectivity index (χ3v) is 9.68. The maximum absolute atomic E-state index is 10.6. The van der Waals surface area contributed by atoms with Crippen molar-refractivity contribution in [1.29, 1.82) is 10.5 Å². The second kappa shape index (κ2) is 14.7. The van der Waals surface area contributed by atoms with E-state index in [0.717, 1.165) is 43.6 Å². The number of terminal acetylenes is 1. The molecule has 0 rings (SSSR count). The molecule has 4 N–H and O–H groups in total. The molecular formula is C33H57N5. The zero-order valence-electron chi connectivity index (χ0n) is 26.1. The average Bonchev–Trinajstić information content (AvgIpc) is 2.85. The third kappa shape index (κ3) is 8.55. The van der Waals surface area contributed by atoms with E-state index < -0.39 is 27.1 Å². The molecule has 5 nitrogen and oxygen atoms in total. The van der Waals surface area contributed by atoms with Crippen molar-refractivity contribution in [2.45, 2.75) is 107 Å². The van der Waals surface area contributed by atoms with Gasteiger partial charge in [-0.2, -0.15) is 10.5 Å². The molecule has 0 aromatic heterocycles. The second-order valence-electron chi connectivity index (χ2n) is 13.4. The van der Waals surface area contributed by atoms with E-state index in [4.69, 9.17) is 12.2 Å². The quantitative estimate of drug-likeness (QED) is 0.122. The van der Waals surface area contributed by atoms with E-state index in [-0.39, 0.29) is 0 Å². The van der Waals surface area contributed by atoms with Gasteiger partial charge >= 0.3 is 0 Å². The van der Waals surface area contributed by atoms with Crippen LogP contribution in [0, 0.1) is 68.0 Å². The maximum atomic E-state index is 10.6. The maximum Gasteiger partial charge on any atom is 0.0760 e. The van der Waals surface area contributed by atoms with Gasteiger partial charge < -0.3 is 16.4 Å². The lowest BCUT2D eigenvalue weighted by molar-refractivity contribution is -0.0425. The van der Waals surface area contributed by atoms with Crippen molar-refractivity contribution in [3.05, 3.63) is 24.6 Å². The molecule has 0 spiro atoms. The number of allylic oxidation sites excluding steroid dienone is 2. The van der Waals surface area contributed by atoms with Gasteiger partial charge in [-0.1, -0.05) is 80.4 Å². The first-order valence-electron chi connectivity index (χ1n) is 14.2. The molecule has 5 heteroatoms. The molecule has 0 aliphatic rings. The molecule has 0 fully saturated rings. The Morgan fingerprint density at radius 3 is 1.95 bits per heavy atom. The van der Waals surface area contributed by atoms with Gasteiger partial charge in [-0.05, 0) is 69.2 Å². The summed E-state index contributed by atoms with van der Waals surface area (Å²) >= 11 is 0. The standard InChI is InChI=1S/C33H57N5/c1-13-21-37-27(4)17-19-31(10,24-35)29(6,7)23-33(12,28(5)38-22-26(2)3)30(8,9)32(11,25-36)18-15-14-16-20-34/h1,26,37-38H,4-5,14-23,34H2,2-3,6-12H3. The van der Waals surface area contributed by atoms with Crippen molar-refractivity contribution in [3.8, 4) is 24.5 Å². The normalized spacial score (nSPS) is 16.6. The summed E-state index contributed by atoms with van der Waals surface area (Å²) in [5, 5.41) is 27.8. The monoisotopic (exact) mass is 523 g/mol. The van der Waals surface area contributed by atoms with Gasteiger partial charge in [-0.15, -0.1) is 6.42 Å². The van der Waals surface area contributed by atoms with Crippen LogP contribution in [-0.2, 0) is 0 Å². The smallest absolute Gasteiger partial charge is 0.0760 e. The Morgan fingerprint density at radius 2 is 1.47 bits per heavy atom. The van der Waals surface area contributed by atoms with Crippen molar-refractivity contribution < 1.29 is 0 Å². The molecule has 0 aliphatic heterocycles. The Balaban J connectivity index is 6.48. The molecule has 0 amide bonds. The first-order valence-corrected chi connectivity index (χ1v) is 14.2. The fraction of sp³-hybridized carbons (Fsp3) is 0.758. The van der Waals surface area contributed by atoms with Crippen LogP contribution in [0.15, 0.2) is 24.6 Å². The molecule has 3 atom stereocenters. The summed E-state index contributed by atoms with van der Waals surface area (Å²) in [5.41, 5.74) is 4.98. The van der Waals surface area contributed by atoms with Crippen molar-refractivity contribution >= 4 is 0 Å². The molecule has 0 saturated heterocycles. The number of nitrogens with one attached hydrogen (secondary N) is 2. The summed E-state index contributed by atoms with van der Waals surface area (Å²) < 4.78 is 0. The number of rotatable bonds is 19. The lowest BCUT2D eigenvalue weighted by Crippen LogP contribution is -2.53. The number of nitrogens with two attached hydrogens (primary N) is 1. The topological polar surface area (TPSA) is 97.7 Å². The minimum Gasteiger partial charge on any atom is -0.388 e. The fourth-order valence-electron chi connectivity index (χ4n) is 5.43. The number of nitriles is 2. The van der Waals surface area contributed by atoms with Crippen LogP contribution >= 0.6 is 0 Å². The largest absolute Gasteiger partial charge is 0.388 e. The Bertz CT molecular complexity index is 909. The van der Waals surface area contributed by atoms with Gasteiger partial charge in [0.05, 0.1) is 29.5 Å². The molecule has 0 bridgehead atoms. The van der Waals surface area contributed by atoms with Gasteiger partial charge in [-0.3, -0.25) is 0 Å². The molecule has 38 heavy (non-hydrogen) atoms. The van der Waals surface area contributed by atoms with Gasteiger partial charge in [0.25, 0.3) is 0 Å². The Labute approximate surface area is 235 Å². The number of nitrogens with zero attached hydrogens (tertiary/aromatic N) is 2. The van der Waals surface area contributed by atoms with Crippen LogP contribution in [0.25, 0.3) is 0 Å². The lowest BCUT2D eigenvalue weighted by atomic mass is 9.46. The summed E-state index contributed by atoms with van der Waals surface area (Å²) in [7, 11) is 0. The molecule has 0 aromatic rings. The zero-order valence-corrected chi connectivity index (χ0v) is 26.1. The van der Waals surface area contributed by atoms with Crippen LogP contribution in [0.3, 0.4) is 0 Å². The van der Waals surface area contributed by atoms with E-state index in [1.165, 1.54) is 0 Å². The van der Waals surface area contributed by atoms with E-state index in [0.29, 0.717) is 38.3 Å². The van der Waals surface area contributed by atoms with Gasteiger partial charge in [0, 0.05) is 23.4 Å². The van der Waals surface area contributed by atoms with Crippen molar-refractivity contribution in [3.63, 3.8) is 0 Å². The van der Waals surface area contributed by atoms with Gasteiger partial charge in [0.2, 0.25) is 0 Å². The number of hydrogen-bond donors (Lipinski definition) is 3. The van der Waals surface area contributed by atoms with E-state index in [1.807, 2.05) is 0 Å². The Kier molecular flexibility index (Phi) is 13.7. The summed E-state index contributed by atoms with van der Waals surface area (Å²) in [6.45, 7) is 30.1. The summed E-state index contributed by atoms with van der Waals surface area (Å²) in [5.74, 6) is 3.03. The third-order valence-electron chi connectivity index (χ3n) is 9.68. The minimum absolute atomic E-state index is 0.390. The van der Waals surface area contributed by atoms with Crippen LogP contribution in [-0.4, -0.2) is 19.6 Å². The summed E-state index contributed by atoms with van der Waals surface area (Å²) in [4.78, 5) is 0. The van der Waals surface area contributed by atoms with Gasteiger partial charge in [0.15, 0.2) is 0 Å². The summed E-state index contributed by atoms with van der Waals surface area (Å²) in [6.07, 6.45) is 11.1. The highest BCUT2D eigenvalue weighted by Crippen LogP contribution is 2.62. The molecule has 0 aliphatic carbocycles. The Hall–Kier alpha value is -2.42. The first kappa shape index (κ1) is 35.6. The van der Waals surface area contributed by atoms with Crippen molar-refractivity contribution in [1.82, 2.24) is 10.6 Å². The molecule has 0 heterocycles. The predicted molar refractivity (Wildman–Crippen MR) is 162 cm³/mol. The average molecular weight is 524 g/mol. The van der Waals surface area contributed by atoms with Gasteiger partial charge in [0.1, 0.15) is 0 Å². The second-order valence-corrected chi connectivity index (χ2v) is 13.4. The van der Waals surface area contributed by atoms with Crippen molar-refractivity contribution in [2.75, 3.05) is 19.6 Å². The van der Waals surface area contributed by atoms with Crippen molar-refractivity contribution in [2.24, 2.45) is 38.7 Å². The van der Waals surface area contributed by atoms with Crippen LogP contribution < -0.4 is 16.4 Å². The summed E-state index contributed by atoms with van der Waals surface area (Å²) in [6, 6.07) is 5.38. The van der Waals surface area contributed by atoms with Crippen LogP contribution in [0.1, 0.15) is 107 Å². The predicted octanol–water partition coefficient (Wildman–Crippen LogP) is 7.29. The highest BCUT2D eigenvalue weighted by atomic mass is 14.9. The molecule has 0 radical (unpaired) electrons. The highest BCUT2D eigenvalue weighted by molar-refractivity contribution is 5.22. The fourth-order valence-corrected chi connectivity index (χ4v) is 5.43. The van der Waals surface area contributed by atoms with Gasteiger partial charge in [-0.25, -0.2) is 0 Å². The van der Waals surface area contributed by atoms with E-state index in [2.05, 4.69) is 104 Å². The zero-order chi connectivity index (χ0) is 29.8. The first-order chi connectivity index (χ1) is 17.4. The minimum atomic E-state index is -0.631. The SMILES string of the molecule is C#CCNC(=C)CCC(C)(C#N)C(C)(C)CC(C)(C(=C)NCC(C)C)C(C)(C)C(C)(C#N)CCCCCN. The van der Waals surface area contributed by atoms with E-state index in [9.17, 15) is 10.5 Å². The van der Waals surface area contributed by atoms with E-state index >= 15 is 0 Å². The Morgan fingerprint density at radius 1 is 0.895 bits per heavy atom. The number of unbranched alkanes of at least 4 members (excludes halogenated alkanes) is 2. The van der Waals surface area contributed by atoms with Crippen LogP contribution in [0.4, 0.5) is 0 Å². The molecular weight excluding hydrogens is 466 g/mol. The van der Waals surface area contributed by atoms with E-state index in [1.54, 1.807) is 0 Å². The number of hydrogen-bond acceptors (Lipinski definition) is 5. The molecule has 0 saturated carbocycles. The molecule has 0 aromatic carbocycles. The molecule has 214 valence electrons. The van der Waals surface area contributed by atoms with Crippen LogP contribution in [0.5, 0.6) is 0 Å². The molecule has 3 unspecified atom stereocenters. The lowest BCUT2D eigenvalue weighted by Gasteiger charge is -2.57. The van der Waals surface area contributed by atoms with Crippen LogP contribution in [0.2, 0.25) is 0 Å². The highest BCUT2D eigenvalue weighted by Gasteiger charge is 2.57.